The summed E-state index contributed by atoms with van der Waals surface area (Å²) in [7, 11) is 0. The van der Waals surface area contributed by atoms with Crippen molar-refractivity contribution in [1.82, 2.24) is 14.8 Å². The molecule has 3 heterocycles. The van der Waals surface area contributed by atoms with E-state index in [1.807, 2.05) is 68.4 Å². The molecular formula is C28H24N4O4. The third-order valence-electron chi connectivity index (χ3n) is 5.67. The van der Waals surface area contributed by atoms with E-state index in [0.29, 0.717) is 28.2 Å². The van der Waals surface area contributed by atoms with Crippen LogP contribution in [0.15, 0.2) is 89.7 Å². The largest absolute Gasteiger partial charge is 0.463 e. The number of benzene rings is 2. The molecule has 0 fully saturated rings. The number of hydrogen-bond donors (Lipinski definition) is 1. The van der Waals surface area contributed by atoms with Crippen LogP contribution in [0.5, 0.6) is 0 Å². The first-order valence-corrected chi connectivity index (χ1v) is 11.5. The predicted molar refractivity (Wildman–Crippen MR) is 136 cm³/mol. The van der Waals surface area contributed by atoms with Crippen LogP contribution in [0.3, 0.4) is 0 Å². The van der Waals surface area contributed by atoms with Crippen molar-refractivity contribution < 1.29 is 18.7 Å². The molecule has 36 heavy (non-hydrogen) atoms. The van der Waals surface area contributed by atoms with E-state index in [1.54, 1.807) is 29.1 Å². The van der Waals surface area contributed by atoms with Crippen LogP contribution in [-0.4, -0.2) is 33.2 Å². The highest BCUT2D eigenvalue weighted by Crippen LogP contribution is 2.29. The fourth-order valence-corrected chi connectivity index (χ4v) is 3.97. The Bertz CT molecular complexity index is 1520. The number of pyridine rings is 1. The second-order valence-corrected chi connectivity index (χ2v) is 8.49. The van der Waals surface area contributed by atoms with Crippen molar-refractivity contribution in [2.24, 2.45) is 0 Å². The van der Waals surface area contributed by atoms with E-state index in [9.17, 15) is 9.59 Å². The monoisotopic (exact) mass is 480 g/mol. The molecule has 8 heteroatoms. The first kappa shape index (κ1) is 23.0. The van der Waals surface area contributed by atoms with Gasteiger partial charge in [-0.3, -0.25) is 4.79 Å². The number of aromatic nitrogens is 3. The van der Waals surface area contributed by atoms with Gasteiger partial charge in [0, 0.05) is 17.3 Å². The van der Waals surface area contributed by atoms with Crippen LogP contribution in [0.1, 0.15) is 30.2 Å². The summed E-state index contributed by atoms with van der Waals surface area (Å²) >= 11 is 0. The molecule has 3 aromatic heterocycles. The number of nitrogens with one attached hydrogen (secondary N) is 1. The van der Waals surface area contributed by atoms with E-state index in [2.05, 4.69) is 15.4 Å². The lowest BCUT2D eigenvalue weighted by molar-refractivity contribution is -0.119. The summed E-state index contributed by atoms with van der Waals surface area (Å²) in [5.74, 6) is -0.580. The molecule has 1 N–H and O–H groups in total. The summed E-state index contributed by atoms with van der Waals surface area (Å²) in [6.07, 6.45) is 3.12. The maximum Gasteiger partial charge on any atom is 0.339 e. The number of carbonyl (C=O) groups is 2. The van der Waals surface area contributed by atoms with Gasteiger partial charge in [-0.25, -0.2) is 14.5 Å². The number of ether oxygens (including phenoxy) is 1. The summed E-state index contributed by atoms with van der Waals surface area (Å²) in [6.45, 7) is 3.51. The maximum atomic E-state index is 13.1. The number of rotatable bonds is 7. The van der Waals surface area contributed by atoms with Crippen LogP contribution in [0.4, 0.5) is 5.69 Å². The van der Waals surface area contributed by atoms with E-state index in [4.69, 9.17) is 9.15 Å². The first-order chi connectivity index (χ1) is 17.5. The maximum absolute atomic E-state index is 13.1. The van der Waals surface area contributed by atoms with Crippen molar-refractivity contribution in [3.05, 3.63) is 90.8 Å². The van der Waals surface area contributed by atoms with Gasteiger partial charge in [-0.2, -0.15) is 5.10 Å². The lowest BCUT2D eigenvalue weighted by atomic mass is 10.0. The number of amides is 1. The molecule has 2 aromatic carbocycles. The van der Waals surface area contributed by atoms with Crippen molar-refractivity contribution in [1.29, 1.82) is 0 Å². The third kappa shape index (κ3) is 4.61. The molecule has 0 saturated heterocycles. The Labute approximate surface area is 207 Å². The quantitative estimate of drug-likeness (QED) is 0.299. The summed E-state index contributed by atoms with van der Waals surface area (Å²) in [4.78, 5) is 30.5. The van der Waals surface area contributed by atoms with Crippen molar-refractivity contribution in [2.45, 2.75) is 19.9 Å². The number of para-hydroxylation sites is 1. The molecule has 0 aliphatic rings. The molecule has 0 unspecified atom stereocenters. The van der Waals surface area contributed by atoms with Crippen molar-refractivity contribution in [2.75, 3.05) is 11.9 Å². The average molecular weight is 481 g/mol. The Morgan fingerprint density at radius 2 is 1.81 bits per heavy atom. The second-order valence-electron chi connectivity index (χ2n) is 8.49. The van der Waals surface area contributed by atoms with Crippen LogP contribution in [0, 0.1) is 0 Å². The summed E-state index contributed by atoms with van der Waals surface area (Å²) < 4.78 is 12.6. The van der Waals surface area contributed by atoms with E-state index in [1.165, 1.54) is 6.26 Å². The third-order valence-corrected chi connectivity index (χ3v) is 5.67. The molecule has 0 aliphatic carbocycles. The van der Waals surface area contributed by atoms with E-state index < -0.39 is 18.5 Å². The topological polar surface area (TPSA) is 99.2 Å². The zero-order valence-electron chi connectivity index (χ0n) is 19.8. The predicted octanol–water partition coefficient (Wildman–Crippen LogP) is 5.73. The molecule has 0 aliphatic heterocycles. The Kier molecular flexibility index (Phi) is 6.32. The molecule has 180 valence electrons. The first-order valence-electron chi connectivity index (χ1n) is 11.5. The van der Waals surface area contributed by atoms with Crippen LogP contribution < -0.4 is 5.32 Å². The van der Waals surface area contributed by atoms with Gasteiger partial charge >= 0.3 is 5.97 Å². The number of esters is 1. The highest BCUT2D eigenvalue weighted by atomic mass is 16.5. The summed E-state index contributed by atoms with van der Waals surface area (Å²) in [5, 5.41) is 7.77. The van der Waals surface area contributed by atoms with Crippen LogP contribution in [-0.2, 0) is 9.53 Å². The minimum atomic E-state index is -0.648. The standard InChI is InChI=1S/C28H24N4O4/c1-18(2)32-27-22(16-29-32)21(15-24(31-27)25-13-8-14-35-25)28(34)36-17-26(33)30-23-12-7-6-11-20(23)19-9-4-3-5-10-19/h3-16,18H,17H2,1-2H3,(H,30,33). The number of carbonyl (C=O) groups excluding carboxylic acids is 2. The molecule has 5 rings (SSSR count). The van der Waals surface area contributed by atoms with Crippen LogP contribution in [0.2, 0.25) is 0 Å². The van der Waals surface area contributed by atoms with Gasteiger partial charge in [-0.1, -0.05) is 48.5 Å². The van der Waals surface area contributed by atoms with Crippen molar-refractivity contribution in [3.63, 3.8) is 0 Å². The highest BCUT2D eigenvalue weighted by Gasteiger charge is 2.21. The molecule has 0 bridgehead atoms. The molecule has 0 atom stereocenters. The Balaban J connectivity index is 1.37. The lowest BCUT2D eigenvalue weighted by Crippen LogP contribution is -2.21. The molecule has 0 saturated carbocycles. The number of anilines is 1. The minimum absolute atomic E-state index is 0.0289. The minimum Gasteiger partial charge on any atom is -0.463 e. The molecule has 0 spiro atoms. The van der Waals surface area contributed by atoms with E-state index in [-0.39, 0.29) is 11.6 Å². The molecule has 0 radical (unpaired) electrons. The van der Waals surface area contributed by atoms with Gasteiger partial charge in [-0.15, -0.1) is 0 Å². The van der Waals surface area contributed by atoms with Gasteiger partial charge in [0.15, 0.2) is 18.0 Å². The fraction of sp³-hybridized carbons (Fsp3) is 0.143. The van der Waals surface area contributed by atoms with E-state index in [0.717, 1.165) is 11.1 Å². The number of nitrogens with zero attached hydrogens (tertiary/aromatic N) is 3. The lowest BCUT2D eigenvalue weighted by Gasteiger charge is -2.12. The number of furan rings is 1. The van der Waals surface area contributed by atoms with Gasteiger partial charge in [0.25, 0.3) is 5.91 Å². The SMILES string of the molecule is CC(C)n1ncc2c(C(=O)OCC(=O)Nc3ccccc3-c3ccccc3)cc(-c3ccco3)nc21. The van der Waals surface area contributed by atoms with Gasteiger partial charge in [0.1, 0.15) is 5.69 Å². The Morgan fingerprint density at radius 1 is 1.03 bits per heavy atom. The Morgan fingerprint density at radius 3 is 2.56 bits per heavy atom. The van der Waals surface area contributed by atoms with Gasteiger partial charge in [0.05, 0.1) is 23.4 Å². The van der Waals surface area contributed by atoms with Gasteiger partial charge < -0.3 is 14.5 Å². The molecule has 1 amide bonds. The highest BCUT2D eigenvalue weighted by molar-refractivity contribution is 6.05. The Hall–Kier alpha value is -4.72. The smallest absolute Gasteiger partial charge is 0.339 e. The zero-order valence-corrected chi connectivity index (χ0v) is 19.8. The van der Waals surface area contributed by atoms with E-state index >= 15 is 0 Å². The molecule has 5 aromatic rings. The molecular weight excluding hydrogens is 456 g/mol. The van der Waals surface area contributed by atoms with Gasteiger partial charge in [0.2, 0.25) is 0 Å². The van der Waals surface area contributed by atoms with Crippen LogP contribution >= 0.6 is 0 Å². The zero-order chi connectivity index (χ0) is 25.1. The normalized spacial score (nSPS) is 11.1. The fourth-order valence-electron chi connectivity index (χ4n) is 3.97. The van der Waals surface area contributed by atoms with Crippen LogP contribution in [0.25, 0.3) is 33.6 Å². The summed E-state index contributed by atoms with van der Waals surface area (Å²) in [6, 6.07) is 22.3. The van der Waals surface area contributed by atoms with Crippen molar-refractivity contribution >= 4 is 28.6 Å². The van der Waals surface area contributed by atoms with Gasteiger partial charge in [-0.05, 0) is 43.7 Å². The number of fused-ring (bicyclic) bond motifs is 1. The second kappa shape index (κ2) is 9.87. The number of hydrogen-bond acceptors (Lipinski definition) is 6. The average Bonchev–Trinajstić information content (AvgIpc) is 3.58. The molecule has 8 nitrogen and oxygen atoms in total. The summed E-state index contributed by atoms with van der Waals surface area (Å²) in [5.41, 5.74) is 3.75. The van der Waals surface area contributed by atoms with Crippen molar-refractivity contribution in [3.8, 4) is 22.6 Å².